The summed E-state index contributed by atoms with van der Waals surface area (Å²) in [4.78, 5) is 16.1. The van der Waals surface area contributed by atoms with Crippen molar-refractivity contribution < 1.29 is 18.7 Å². The summed E-state index contributed by atoms with van der Waals surface area (Å²) in [7, 11) is 1.70. The number of fused-ring (bicyclic) bond motifs is 1. The molecule has 0 fully saturated rings. The van der Waals surface area contributed by atoms with Gasteiger partial charge in [-0.05, 0) is 31.2 Å². The minimum atomic E-state index is -0.478. The van der Waals surface area contributed by atoms with E-state index in [1.165, 1.54) is 12.1 Å². The summed E-state index contributed by atoms with van der Waals surface area (Å²) in [5.74, 6) is 0.204. The Balaban J connectivity index is 1.57. The third-order valence-corrected chi connectivity index (χ3v) is 4.40. The Hall–Kier alpha value is -2.76. The molecule has 26 heavy (non-hydrogen) atoms. The first kappa shape index (κ1) is 18.0. The van der Waals surface area contributed by atoms with Crippen molar-refractivity contribution in [2.24, 2.45) is 0 Å². The summed E-state index contributed by atoms with van der Waals surface area (Å²) >= 11 is 0. The van der Waals surface area contributed by atoms with Crippen molar-refractivity contribution in [1.82, 2.24) is 4.90 Å². The first-order valence-corrected chi connectivity index (χ1v) is 8.70. The molecule has 2 aromatic rings. The molecule has 1 aliphatic rings. The molecular formula is C20H23FN2O3. The summed E-state index contributed by atoms with van der Waals surface area (Å²) < 4.78 is 24.9. The Labute approximate surface area is 152 Å². The van der Waals surface area contributed by atoms with Gasteiger partial charge in [0.25, 0.3) is 5.91 Å². The Kier molecular flexibility index (Phi) is 5.61. The van der Waals surface area contributed by atoms with Crippen molar-refractivity contribution in [3.05, 3.63) is 54.3 Å². The van der Waals surface area contributed by atoms with Gasteiger partial charge in [-0.3, -0.25) is 4.79 Å². The number of benzene rings is 2. The Morgan fingerprint density at radius 3 is 2.77 bits per heavy atom. The smallest absolute Gasteiger partial charge is 0.260 e. The molecule has 0 saturated heterocycles. The molecule has 0 radical (unpaired) electrons. The molecule has 5 nitrogen and oxygen atoms in total. The van der Waals surface area contributed by atoms with Gasteiger partial charge < -0.3 is 19.3 Å². The van der Waals surface area contributed by atoms with Crippen LogP contribution < -0.4 is 14.4 Å². The molecule has 0 unspecified atom stereocenters. The lowest BCUT2D eigenvalue weighted by Crippen LogP contribution is -2.47. The van der Waals surface area contributed by atoms with Crippen LogP contribution in [0.5, 0.6) is 11.5 Å². The number of halogens is 1. The number of hydrogen-bond donors (Lipinski definition) is 0. The maximum atomic E-state index is 13.6. The predicted octanol–water partition coefficient (Wildman–Crippen LogP) is 2.95. The normalized spacial score (nSPS) is 15.8. The molecule has 138 valence electrons. The molecule has 2 aromatic carbocycles. The Morgan fingerprint density at radius 1 is 1.27 bits per heavy atom. The lowest BCUT2D eigenvalue weighted by Gasteiger charge is -2.37. The van der Waals surface area contributed by atoms with Crippen LogP contribution in [0, 0.1) is 5.82 Å². The maximum absolute atomic E-state index is 13.6. The van der Waals surface area contributed by atoms with Crippen molar-refractivity contribution in [3.63, 3.8) is 0 Å². The molecule has 1 aliphatic heterocycles. The predicted molar refractivity (Wildman–Crippen MR) is 98.3 cm³/mol. The monoisotopic (exact) mass is 358 g/mol. The quantitative estimate of drug-likeness (QED) is 0.796. The summed E-state index contributed by atoms with van der Waals surface area (Å²) in [6, 6.07) is 13.9. The second-order valence-corrected chi connectivity index (χ2v) is 6.24. The molecule has 1 heterocycles. The van der Waals surface area contributed by atoms with Crippen molar-refractivity contribution in [2.45, 2.75) is 13.0 Å². The molecule has 0 bridgehead atoms. The van der Waals surface area contributed by atoms with Gasteiger partial charge in [-0.2, -0.15) is 0 Å². The Morgan fingerprint density at radius 2 is 2.00 bits per heavy atom. The van der Waals surface area contributed by atoms with Crippen molar-refractivity contribution >= 4 is 11.6 Å². The van der Waals surface area contributed by atoms with Crippen LogP contribution in [0.3, 0.4) is 0 Å². The molecule has 1 atom stereocenters. The van der Waals surface area contributed by atoms with Crippen LogP contribution in [0.15, 0.2) is 48.5 Å². The standard InChI is InChI=1S/C20H23FN2O3/c1-3-23-13-15(26-19-11-7-5-9-17(19)23)12-22(2)20(24)14-25-18-10-6-4-8-16(18)21/h4-11,15H,3,12-14H2,1-2H3/t15-/m0/s1. The van der Waals surface area contributed by atoms with Gasteiger partial charge >= 0.3 is 0 Å². The van der Waals surface area contributed by atoms with Gasteiger partial charge in [0.2, 0.25) is 0 Å². The van der Waals surface area contributed by atoms with Gasteiger partial charge in [-0.25, -0.2) is 4.39 Å². The number of carbonyl (C=O) groups is 1. The van der Waals surface area contributed by atoms with E-state index in [0.29, 0.717) is 13.1 Å². The van der Waals surface area contributed by atoms with Gasteiger partial charge in [0.05, 0.1) is 18.8 Å². The highest BCUT2D eigenvalue weighted by Gasteiger charge is 2.26. The lowest BCUT2D eigenvalue weighted by atomic mass is 10.2. The minimum Gasteiger partial charge on any atom is -0.485 e. The van der Waals surface area contributed by atoms with E-state index in [9.17, 15) is 9.18 Å². The van der Waals surface area contributed by atoms with E-state index in [1.807, 2.05) is 24.3 Å². The third-order valence-electron chi connectivity index (χ3n) is 4.40. The zero-order valence-corrected chi connectivity index (χ0v) is 15.0. The minimum absolute atomic E-state index is 0.0780. The number of nitrogens with zero attached hydrogens (tertiary/aromatic N) is 2. The maximum Gasteiger partial charge on any atom is 0.260 e. The molecule has 0 saturated carbocycles. The van der Waals surface area contributed by atoms with Gasteiger partial charge in [0.1, 0.15) is 11.9 Å². The van der Waals surface area contributed by atoms with E-state index in [2.05, 4.69) is 11.8 Å². The number of ether oxygens (including phenoxy) is 2. The van der Waals surface area contributed by atoms with Gasteiger partial charge in [-0.15, -0.1) is 0 Å². The summed E-state index contributed by atoms with van der Waals surface area (Å²) in [5.41, 5.74) is 1.07. The highest BCUT2D eigenvalue weighted by molar-refractivity contribution is 5.77. The number of anilines is 1. The number of hydrogen-bond acceptors (Lipinski definition) is 4. The first-order valence-electron chi connectivity index (χ1n) is 8.70. The number of rotatable bonds is 6. The van der Waals surface area contributed by atoms with Crippen molar-refractivity contribution in [2.75, 3.05) is 38.2 Å². The highest BCUT2D eigenvalue weighted by Crippen LogP contribution is 2.32. The van der Waals surface area contributed by atoms with Gasteiger partial charge in [0.15, 0.2) is 18.2 Å². The van der Waals surface area contributed by atoms with Crippen molar-refractivity contribution in [3.8, 4) is 11.5 Å². The fourth-order valence-electron chi connectivity index (χ4n) is 2.99. The zero-order valence-electron chi connectivity index (χ0n) is 15.0. The fraction of sp³-hybridized carbons (Fsp3) is 0.350. The van der Waals surface area contributed by atoms with Gasteiger partial charge in [0, 0.05) is 13.6 Å². The van der Waals surface area contributed by atoms with E-state index in [-0.39, 0.29) is 24.4 Å². The van der Waals surface area contributed by atoms with E-state index < -0.39 is 5.82 Å². The van der Waals surface area contributed by atoms with Crippen LogP contribution in [0.4, 0.5) is 10.1 Å². The third kappa shape index (κ3) is 4.07. The second kappa shape index (κ2) is 8.08. The average Bonchev–Trinajstić information content (AvgIpc) is 2.66. The van der Waals surface area contributed by atoms with E-state index in [1.54, 1.807) is 24.1 Å². The topological polar surface area (TPSA) is 42.0 Å². The van der Waals surface area contributed by atoms with Crippen LogP contribution >= 0.6 is 0 Å². The number of amides is 1. The summed E-state index contributed by atoms with van der Waals surface area (Å²) in [6.45, 7) is 3.89. The molecule has 0 N–H and O–H groups in total. The molecule has 0 spiro atoms. The highest BCUT2D eigenvalue weighted by atomic mass is 19.1. The van der Waals surface area contributed by atoms with Crippen LogP contribution in [-0.2, 0) is 4.79 Å². The van der Waals surface area contributed by atoms with Gasteiger partial charge in [-0.1, -0.05) is 24.3 Å². The largest absolute Gasteiger partial charge is 0.485 e. The molecule has 3 rings (SSSR count). The molecule has 1 amide bonds. The molecule has 0 aromatic heterocycles. The summed E-state index contributed by atoms with van der Waals surface area (Å²) in [5, 5.41) is 0. The van der Waals surface area contributed by atoms with E-state index in [0.717, 1.165) is 18.0 Å². The second-order valence-electron chi connectivity index (χ2n) is 6.24. The summed E-state index contributed by atoms with van der Waals surface area (Å²) in [6.07, 6.45) is -0.132. The lowest BCUT2D eigenvalue weighted by molar-refractivity contribution is -0.133. The molecular weight excluding hydrogens is 335 g/mol. The van der Waals surface area contributed by atoms with Crippen molar-refractivity contribution in [1.29, 1.82) is 0 Å². The first-order chi connectivity index (χ1) is 12.6. The Bertz CT molecular complexity index is 768. The fourth-order valence-corrected chi connectivity index (χ4v) is 2.99. The number of likely N-dealkylation sites (N-methyl/N-ethyl adjacent to an activating group) is 2. The molecule has 0 aliphatic carbocycles. The molecule has 6 heteroatoms. The van der Waals surface area contributed by atoms with Crippen LogP contribution in [0.1, 0.15) is 6.92 Å². The average molecular weight is 358 g/mol. The zero-order chi connectivity index (χ0) is 18.5. The SMILES string of the molecule is CCN1C[C@H](CN(C)C(=O)COc2ccccc2F)Oc2ccccc21. The number of carbonyl (C=O) groups excluding carboxylic acids is 1. The van der Waals surface area contributed by atoms with Crippen LogP contribution in [0.25, 0.3) is 0 Å². The number of para-hydroxylation sites is 3. The van der Waals surface area contributed by atoms with E-state index in [4.69, 9.17) is 9.47 Å². The van der Waals surface area contributed by atoms with E-state index >= 15 is 0 Å². The van der Waals surface area contributed by atoms with Crippen LogP contribution in [-0.4, -0.2) is 50.2 Å². The van der Waals surface area contributed by atoms with Crippen LogP contribution in [0.2, 0.25) is 0 Å².